The van der Waals surface area contributed by atoms with Crippen molar-refractivity contribution in [3.8, 4) is 5.75 Å². The van der Waals surface area contributed by atoms with Crippen molar-refractivity contribution in [3.05, 3.63) is 71.2 Å². The molecule has 1 aliphatic rings. The molecule has 0 aliphatic carbocycles. The standard InChI is InChI=1S/C21H18ClNO3/c1-25-18-12-11-17(15-5-3-4-6-16(15)18)23-19(20(26-2)21(23)24)13-7-9-14(22)10-8-13/h3-12,19-20H,1-2H3. The molecule has 0 bridgehead atoms. The fourth-order valence-electron chi connectivity index (χ4n) is 3.59. The van der Waals surface area contributed by atoms with Crippen molar-refractivity contribution in [2.75, 3.05) is 19.1 Å². The van der Waals surface area contributed by atoms with E-state index >= 15 is 0 Å². The summed E-state index contributed by atoms with van der Waals surface area (Å²) in [5.41, 5.74) is 1.83. The first-order valence-electron chi connectivity index (χ1n) is 8.32. The molecule has 0 spiro atoms. The number of hydrogen-bond donors (Lipinski definition) is 0. The van der Waals surface area contributed by atoms with Gasteiger partial charge in [-0.3, -0.25) is 9.69 Å². The molecule has 0 aromatic heterocycles. The number of rotatable bonds is 4. The maximum absolute atomic E-state index is 12.8. The molecule has 1 amide bonds. The lowest BCUT2D eigenvalue weighted by Crippen LogP contribution is -2.60. The molecule has 5 heteroatoms. The van der Waals surface area contributed by atoms with E-state index in [1.165, 1.54) is 0 Å². The van der Waals surface area contributed by atoms with E-state index in [4.69, 9.17) is 21.1 Å². The Morgan fingerprint density at radius 1 is 0.923 bits per heavy atom. The van der Waals surface area contributed by atoms with Crippen LogP contribution in [0.3, 0.4) is 0 Å². The normalized spacial score (nSPS) is 19.5. The van der Waals surface area contributed by atoms with Crippen LogP contribution in [-0.2, 0) is 9.53 Å². The van der Waals surface area contributed by atoms with E-state index in [1.54, 1.807) is 19.1 Å². The first-order chi connectivity index (χ1) is 12.7. The summed E-state index contributed by atoms with van der Waals surface area (Å²) in [5, 5.41) is 2.60. The molecule has 0 N–H and O–H groups in total. The Labute approximate surface area is 156 Å². The maximum atomic E-state index is 12.8. The van der Waals surface area contributed by atoms with Crippen LogP contribution in [0.2, 0.25) is 5.02 Å². The number of amides is 1. The van der Waals surface area contributed by atoms with E-state index < -0.39 is 6.10 Å². The van der Waals surface area contributed by atoms with E-state index in [2.05, 4.69) is 0 Å². The first-order valence-corrected chi connectivity index (χ1v) is 8.70. The minimum Gasteiger partial charge on any atom is -0.496 e. The molecule has 1 aliphatic heterocycles. The van der Waals surface area contributed by atoms with Gasteiger partial charge in [0.15, 0.2) is 6.10 Å². The summed E-state index contributed by atoms with van der Waals surface area (Å²) in [6.07, 6.45) is -0.503. The minimum atomic E-state index is -0.503. The van der Waals surface area contributed by atoms with Gasteiger partial charge in [0.2, 0.25) is 0 Å². The van der Waals surface area contributed by atoms with E-state index in [0.717, 1.165) is 27.8 Å². The van der Waals surface area contributed by atoms with Crippen molar-refractivity contribution >= 4 is 34.0 Å². The van der Waals surface area contributed by atoms with Gasteiger partial charge in [0, 0.05) is 22.9 Å². The molecule has 3 aromatic rings. The molecule has 2 unspecified atom stereocenters. The van der Waals surface area contributed by atoms with Crippen LogP contribution in [0.1, 0.15) is 11.6 Å². The largest absolute Gasteiger partial charge is 0.496 e. The second-order valence-electron chi connectivity index (χ2n) is 6.19. The highest BCUT2D eigenvalue weighted by atomic mass is 35.5. The SMILES string of the molecule is COc1ccc(N2C(=O)C(OC)C2c2ccc(Cl)cc2)c2ccccc12. The third-order valence-corrected chi connectivity index (χ3v) is 5.10. The molecule has 0 saturated carbocycles. The molecule has 1 fully saturated rings. The van der Waals surface area contributed by atoms with Crippen LogP contribution in [0.4, 0.5) is 5.69 Å². The molecular formula is C21H18ClNO3. The molecule has 4 nitrogen and oxygen atoms in total. The second-order valence-corrected chi connectivity index (χ2v) is 6.63. The van der Waals surface area contributed by atoms with Gasteiger partial charge in [0.05, 0.1) is 18.8 Å². The third kappa shape index (κ3) is 2.54. The van der Waals surface area contributed by atoms with E-state index in [-0.39, 0.29) is 11.9 Å². The van der Waals surface area contributed by atoms with Crippen molar-refractivity contribution < 1.29 is 14.3 Å². The lowest BCUT2D eigenvalue weighted by atomic mass is 9.89. The van der Waals surface area contributed by atoms with Gasteiger partial charge >= 0.3 is 0 Å². The highest BCUT2D eigenvalue weighted by Crippen LogP contribution is 2.44. The Balaban J connectivity index is 1.85. The summed E-state index contributed by atoms with van der Waals surface area (Å²) >= 11 is 6.02. The highest BCUT2D eigenvalue weighted by molar-refractivity contribution is 6.30. The quantitative estimate of drug-likeness (QED) is 0.632. The van der Waals surface area contributed by atoms with E-state index in [0.29, 0.717) is 5.02 Å². The predicted octanol–water partition coefficient (Wildman–Crippen LogP) is 4.60. The van der Waals surface area contributed by atoms with Gasteiger partial charge < -0.3 is 9.47 Å². The smallest absolute Gasteiger partial charge is 0.259 e. The number of hydrogen-bond acceptors (Lipinski definition) is 3. The molecule has 0 radical (unpaired) electrons. The van der Waals surface area contributed by atoms with Crippen LogP contribution >= 0.6 is 11.6 Å². The molecule has 132 valence electrons. The lowest BCUT2D eigenvalue weighted by molar-refractivity contribution is -0.139. The summed E-state index contributed by atoms with van der Waals surface area (Å²) in [5.74, 6) is 0.728. The highest BCUT2D eigenvalue weighted by Gasteiger charge is 2.49. The topological polar surface area (TPSA) is 38.8 Å². The number of anilines is 1. The number of carbonyl (C=O) groups excluding carboxylic acids is 1. The summed E-state index contributed by atoms with van der Waals surface area (Å²) < 4.78 is 10.9. The van der Waals surface area contributed by atoms with Gasteiger partial charge in [-0.05, 0) is 29.8 Å². The summed E-state index contributed by atoms with van der Waals surface area (Å²) in [6, 6.07) is 19.1. The third-order valence-electron chi connectivity index (χ3n) is 4.85. The van der Waals surface area contributed by atoms with Crippen LogP contribution in [0.25, 0.3) is 10.8 Å². The van der Waals surface area contributed by atoms with E-state index in [1.807, 2.05) is 60.7 Å². The summed E-state index contributed by atoms with van der Waals surface area (Å²) in [6.45, 7) is 0. The number of halogens is 1. The number of β-lactam (4-membered cyclic amide) rings is 1. The van der Waals surface area contributed by atoms with Crippen LogP contribution in [0, 0.1) is 0 Å². The van der Waals surface area contributed by atoms with Gasteiger partial charge in [-0.1, -0.05) is 48.0 Å². The monoisotopic (exact) mass is 367 g/mol. The van der Waals surface area contributed by atoms with Crippen molar-refractivity contribution in [2.45, 2.75) is 12.1 Å². The van der Waals surface area contributed by atoms with Gasteiger partial charge in [-0.2, -0.15) is 0 Å². The van der Waals surface area contributed by atoms with Crippen molar-refractivity contribution in [3.63, 3.8) is 0 Å². The Morgan fingerprint density at radius 3 is 2.27 bits per heavy atom. The number of methoxy groups -OCH3 is 2. The van der Waals surface area contributed by atoms with E-state index in [9.17, 15) is 4.79 Å². The molecule has 26 heavy (non-hydrogen) atoms. The Morgan fingerprint density at radius 2 is 1.62 bits per heavy atom. The number of carbonyl (C=O) groups is 1. The van der Waals surface area contributed by atoms with Gasteiger partial charge in [-0.15, -0.1) is 0 Å². The van der Waals surface area contributed by atoms with Crippen molar-refractivity contribution in [1.82, 2.24) is 0 Å². The van der Waals surface area contributed by atoms with Crippen molar-refractivity contribution in [1.29, 1.82) is 0 Å². The predicted molar refractivity (Wildman–Crippen MR) is 103 cm³/mol. The number of nitrogens with zero attached hydrogens (tertiary/aromatic N) is 1. The van der Waals surface area contributed by atoms with Gasteiger partial charge in [-0.25, -0.2) is 0 Å². The van der Waals surface area contributed by atoms with Crippen LogP contribution in [-0.4, -0.2) is 26.2 Å². The molecule has 2 atom stereocenters. The van der Waals surface area contributed by atoms with Gasteiger partial charge in [0.25, 0.3) is 5.91 Å². The first kappa shape index (κ1) is 16.9. The molecule has 4 rings (SSSR count). The fourth-order valence-corrected chi connectivity index (χ4v) is 3.71. The lowest BCUT2D eigenvalue weighted by Gasteiger charge is -2.46. The summed E-state index contributed by atoms with van der Waals surface area (Å²) in [7, 11) is 3.21. The fraction of sp³-hybridized carbons (Fsp3) is 0.190. The Kier molecular flexibility index (Phi) is 4.31. The Bertz CT molecular complexity index is 971. The second kappa shape index (κ2) is 6.63. The molecule has 1 heterocycles. The van der Waals surface area contributed by atoms with Crippen LogP contribution in [0.15, 0.2) is 60.7 Å². The zero-order valence-corrected chi connectivity index (χ0v) is 15.2. The maximum Gasteiger partial charge on any atom is 0.259 e. The zero-order chi connectivity index (χ0) is 18.3. The Hall–Kier alpha value is -2.56. The molecular weight excluding hydrogens is 350 g/mol. The average Bonchev–Trinajstić information content (AvgIpc) is 2.67. The molecule has 1 saturated heterocycles. The molecule has 3 aromatic carbocycles. The number of benzene rings is 3. The van der Waals surface area contributed by atoms with Gasteiger partial charge in [0.1, 0.15) is 5.75 Å². The minimum absolute atomic E-state index is 0.0530. The van der Waals surface area contributed by atoms with Crippen LogP contribution in [0.5, 0.6) is 5.75 Å². The average molecular weight is 368 g/mol. The van der Waals surface area contributed by atoms with Crippen LogP contribution < -0.4 is 9.64 Å². The number of fused-ring (bicyclic) bond motifs is 1. The number of ether oxygens (including phenoxy) is 2. The zero-order valence-electron chi connectivity index (χ0n) is 14.5. The summed E-state index contributed by atoms with van der Waals surface area (Å²) in [4.78, 5) is 14.6. The van der Waals surface area contributed by atoms with Crippen molar-refractivity contribution in [2.24, 2.45) is 0 Å².